The second-order valence-electron chi connectivity index (χ2n) is 6.42. The Bertz CT molecular complexity index is 589. The van der Waals surface area contributed by atoms with Crippen LogP contribution in [0, 0.1) is 5.41 Å². The van der Waals surface area contributed by atoms with E-state index in [1.54, 1.807) is 0 Å². The van der Waals surface area contributed by atoms with Crippen LogP contribution < -0.4 is 0 Å². The maximum absolute atomic E-state index is 9.58. The average molecular weight is 269 g/mol. The number of piperidine rings is 1. The van der Waals surface area contributed by atoms with Gasteiger partial charge in [0.2, 0.25) is 0 Å². The van der Waals surface area contributed by atoms with E-state index in [0.29, 0.717) is 6.61 Å². The summed E-state index contributed by atoms with van der Waals surface area (Å²) in [5.74, 6) is 0. The summed E-state index contributed by atoms with van der Waals surface area (Å²) in [5, 5.41) is 12.2. The van der Waals surface area contributed by atoms with Gasteiger partial charge >= 0.3 is 0 Å². The molecule has 1 N–H and O–H groups in total. The van der Waals surface area contributed by atoms with Crippen LogP contribution in [0.15, 0.2) is 42.5 Å². The molecule has 0 bridgehead atoms. The molecule has 1 saturated heterocycles. The van der Waals surface area contributed by atoms with E-state index in [9.17, 15) is 5.11 Å². The second-order valence-corrected chi connectivity index (χ2v) is 6.42. The number of hydrogen-bond acceptors (Lipinski definition) is 2. The van der Waals surface area contributed by atoms with Crippen LogP contribution in [-0.4, -0.2) is 29.7 Å². The number of likely N-dealkylation sites (tertiary alicyclic amines) is 1. The van der Waals surface area contributed by atoms with Crippen LogP contribution in [0.4, 0.5) is 0 Å². The van der Waals surface area contributed by atoms with Gasteiger partial charge in [-0.3, -0.25) is 4.90 Å². The van der Waals surface area contributed by atoms with Gasteiger partial charge in [-0.05, 0) is 35.7 Å². The minimum Gasteiger partial charge on any atom is -0.396 e. The third-order valence-electron chi connectivity index (χ3n) is 4.52. The minimum atomic E-state index is 0.0723. The van der Waals surface area contributed by atoms with E-state index in [1.807, 2.05) is 0 Å². The molecule has 1 heterocycles. The van der Waals surface area contributed by atoms with Crippen LogP contribution in [0.3, 0.4) is 0 Å². The van der Waals surface area contributed by atoms with E-state index in [4.69, 9.17) is 0 Å². The largest absolute Gasteiger partial charge is 0.396 e. The number of aliphatic hydroxyl groups excluding tert-OH is 1. The molecule has 2 heteroatoms. The van der Waals surface area contributed by atoms with Gasteiger partial charge in [0, 0.05) is 25.1 Å². The SMILES string of the molecule is CC1(CO)CCCN(Cc2cccc3ccccc23)C1. The summed E-state index contributed by atoms with van der Waals surface area (Å²) in [5.41, 5.74) is 1.47. The quantitative estimate of drug-likeness (QED) is 0.922. The highest BCUT2D eigenvalue weighted by molar-refractivity contribution is 5.85. The Morgan fingerprint density at radius 1 is 1.15 bits per heavy atom. The average Bonchev–Trinajstić information content (AvgIpc) is 2.48. The molecule has 2 nitrogen and oxygen atoms in total. The molecule has 1 unspecified atom stereocenters. The highest BCUT2D eigenvalue weighted by Gasteiger charge is 2.30. The molecular weight excluding hydrogens is 246 g/mol. The van der Waals surface area contributed by atoms with E-state index >= 15 is 0 Å². The summed E-state index contributed by atoms with van der Waals surface area (Å²) >= 11 is 0. The van der Waals surface area contributed by atoms with Crippen molar-refractivity contribution in [3.05, 3.63) is 48.0 Å². The molecule has 0 aliphatic carbocycles. The molecule has 0 aromatic heterocycles. The standard InChI is InChI=1S/C18H23NO/c1-18(14-20)10-5-11-19(13-18)12-16-8-4-7-15-6-2-3-9-17(15)16/h2-4,6-9,20H,5,10-14H2,1H3. The predicted molar refractivity (Wildman–Crippen MR) is 83.7 cm³/mol. The minimum absolute atomic E-state index is 0.0723. The summed E-state index contributed by atoms with van der Waals surface area (Å²) in [6.45, 7) is 5.60. The molecule has 1 aliphatic heterocycles. The van der Waals surface area contributed by atoms with Crippen molar-refractivity contribution in [2.45, 2.75) is 26.3 Å². The lowest BCUT2D eigenvalue weighted by atomic mass is 9.82. The van der Waals surface area contributed by atoms with Gasteiger partial charge < -0.3 is 5.11 Å². The maximum atomic E-state index is 9.58. The summed E-state index contributed by atoms with van der Waals surface area (Å²) in [6.07, 6.45) is 2.32. The van der Waals surface area contributed by atoms with Gasteiger partial charge in [0.15, 0.2) is 0 Å². The molecule has 1 atom stereocenters. The van der Waals surface area contributed by atoms with Crippen molar-refractivity contribution in [3.8, 4) is 0 Å². The topological polar surface area (TPSA) is 23.5 Å². The van der Waals surface area contributed by atoms with Gasteiger partial charge in [-0.2, -0.15) is 0 Å². The second kappa shape index (κ2) is 5.55. The maximum Gasteiger partial charge on any atom is 0.0497 e. The molecule has 20 heavy (non-hydrogen) atoms. The lowest BCUT2D eigenvalue weighted by Crippen LogP contribution is -2.43. The Morgan fingerprint density at radius 2 is 1.95 bits per heavy atom. The van der Waals surface area contributed by atoms with Crippen molar-refractivity contribution >= 4 is 10.8 Å². The van der Waals surface area contributed by atoms with E-state index in [2.05, 4.69) is 54.3 Å². The number of hydrogen-bond donors (Lipinski definition) is 1. The van der Waals surface area contributed by atoms with Gasteiger partial charge in [-0.15, -0.1) is 0 Å². The molecular formula is C18H23NO. The normalized spacial score (nSPS) is 24.1. The molecule has 2 aromatic carbocycles. The zero-order valence-electron chi connectivity index (χ0n) is 12.2. The van der Waals surface area contributed by atoms with Crippen LogP contribution in [-0.2, 0) is 6.54 Å². The van der Waals surface area contributed by atoms with E-state index in [-0.39, 0.29) is 5.41 Å². The number of rotatable bonds is 3. The Morgan fingerprint density at radius 3 is 2.80 bits per heavy atom. The fraction of sp³-hybridized carbons (Fsp3) is 0.444. The molecule has 0 radical (unpaired) electrons. The Hall–Kier alpha value is -1.38. The highest BCUT2D eigenvalue weighted by atomic mass is 16.3. The molecule has 0 saturated carbocycles. The molecule has 0 spiro atoms. The van der Waals surface area contributed by atoms with Gasteiger partial charge in [-0.25, -0.2) is 0 Å². The first kappa shape index (κ1) is 13.6. The van der Waals surface area contributed by atoms with E-state index in [0.717, 1.165) is 26.1 Å². The zero-order chi connectivity index (χ0) is 14.0. The fourth-order valence-corrected chi connectivity index (χ4v) is 3.36. The Kier molecular flexibility index (Phi) is 3.77. The number of fused-ring (bicyclic) bond motifs is 1. The third-order valence-corrected chi connectivity index (χ3v) is 4.52. The molecule has 3 rings (SSSR count). The summed E-state index contributed by atoms with van der Waals surface area (Å²) in [6, 6.07) is 15.1. The zero-order valence-corrected chi connectivity index (χ0v) is 12.2. The van der Waals surface area contributed by atoms with Crippen LogP contribution >= 0.6 is 0 Å². The number of nitrogens with zero attached hydrogens (tertiary/aromatic N) is 1. The van der Waals surface area contributed by atoms with Crippen molar-refractivity contribution in [3.63, 3.8) is 0 Å². The molecule has 2 aromatic rings. The smallest absolute Gasteiger partial charge is 0.0497 e. The van der Waals surface area contributed by atoms with Crippen LogP contribution in [0.25, 0.3) is 10.8 Å². The Balaban J connectivity index is 1.83. The fourth-order valence-electron chi connectivity index (χ4n) is 3.36. The highest BCUT2D eigenvalue weighted by Crippen LogP contribution is 2.30. The first-order valence-corrected chi connectivity index (χ1v) is 7.50. The summed E-state index contributed by atoms with van der Waals surface area (Å²) in [7, 11) is 0. The van der Waals surface area contributed by atoms with Crippen LogP contribution in [0.2, 0.25) is 0 Å². The predicted octanol–water partition coefficient (Wildman–Crippen LogP) is 3.43. The van der Waals surface area contributed by atoms with Crippen molar-refractivity contribution in [2.24, 2.45) is 5.41 Å². The monoisotopic (exact) mass is 269 g/mol. The number of benzene rings is 2. The van der Waals surface area contributed by atoms with Gasteiger partial charge in [-0.1, -0.05) is 49.4 Å². The van der Waals surface area contributed by atoms with Gasteiger partial charge in [0.25, 0.3) is 0 Å². The summed E-state index contributed by atoms with van der Waals surface area (Å²) < 4.78 is 0. The first-order valence-electron chi connectivity index (χ1n) is 7.50. The van der Waals surface area contributed by atoms with Crippen LogP contribution in [0.5, 0.6) is 0 Å². The van der Waals surface area contributed by atoms with E-state index < -0.39 is 0 Å². The molecule has 0 amide bonds. The lowest BCUT2D eigenvalue weighted by molar-refractivity contribution is 0.0431. The van der Waals surface area contributed by atoms with Crippen molar-refractivity contribution in [1.29, 1.82) is 0 Å². The van der Waals surface area contributed by atoms with Crippen molar-refractivity contribution in [1.82, 2.24) is 4.90 Å². The molecule has 1 aliphatic rings. The molecule has 1 fully saturated rings. The van der Waals surface area contributed by atoms with Gasteiger partial charge in [0.05, 0.1) is 0 Å². The summed E-state index contributed by atoms with van der Waals surface area (Å²) in [4.78, 5) is 2.49. The van der Waals surface area contributed by atoms with Crippen molar-refractivity contribution < 1.29 is 5.11 Å². The molecule has 106 valence electrons. The third kappa shape index (κ3) is 2.72. The van der Waals surface area contributed by atoms with Crippen LogP contribution in [0.1, 0.15) is 25.3 Å². The van der Waals surface area contributed by atoms with E-state index in [1.165, 1.54) is 22.8 Å². The Labute approximate surface area is 121 Å². The number of aliphatic hydroxyl groups is 1. The van der Waals surface area contributed by atoms with Gasteiger partial charge in [0.1, 0.15) is 0 Å². The first-order chi connectivity index (χ1) is 9.70. The van der Waals surface area contributed by atoms with Crippen molar-refractivity contribution in [2.75, 3.05) is 19.7 Å². The lowest BCUT2D eigenvalue weighted by Gasteiger charge is -2.39.